The SMILES string of the molecule is CC(NC(=O)/C=C/c1cc(F)ccc1F)c1ccc2c(c1)OCCO2. The number of rotatable bonds is 4. The third kappa shape index (κ3) is 4.15. The Labute approximate surface area is 144 Å². The van der Waals surface area contributed by atoms with Crippen molar-refractivity contribution in [2.45, 2.75) is 13.0 Å². The van der Waals surface area contributed by atoms with E-state index in [4.69, 9.17) is 9.47 Å². The molecule has 0 saturated heterocycles. The minimum atomic E-state index is -0.592. The van der Waals surface area contributed by atoms with E-state index in [0.717, 1.165) is 23.8 Å². The first kappa shape index (κ1) is 17.0. The van der Waals surface area contributed by atoms with Gasteiger partial charge in [0.15, 0.2) is 11.5 Å². The number of fused-ring (bicyclic) bond motifs is 1. The lowest BCUT2D eigenvalue weighted by Crippen LogP contribution is -2.25. The van der Waals surface area contributed by atoms with Crippen molar-refractivity contribution in [3.63, 3.8) is 0 Å². The van der Waals surface area contributed by atoms with Gasteiger partial charge in [0.05, 0.1) is 6.04 Å². The molecule has 0 fully saturated rings. The maximum Gasteiger partial charge on any atom is 0.244 e. The predicted molar refractivity (Wildman–Crippen MR) is 89.4 cm³/mol. The molecule has 0 saturated carbocycles. The maximum atomic E-state index is 13.5. The van der Waals surface area contributed by atoms with Gasteiger partial charge in [-0.05, 0) is 48.9 Å². The molecule has 0 bridgehead atoms. The lowest BCUT2D eigenvalue weighted by molar-refractivity contribution is -0.117. The zero-order valence-electron chi connectivity index (χ0n) is 13.6. The van der Waals surface area contributed by atoms with Crippen LogP contribution in [0.2, 0.25) is 0 Å². The normalized spacial score (nSPS) is 14.4. The second-order valence-electron chi connectivity index (χ2n) is 5.63. The van der Waals surface area contributed by atoms with Crippen LogP contribution < -0.4 is 14.8 Å². The molecule has 1 heterocycles. The highest BCUT2D eigenvalue weighted by atomic mass is 19.1. The quantitative estimate of drug-likeness (QED) is 0.861. The van der Waals surface area contributed by atoms with Gasteiger partial charge in [0.1, 0.15) is 24.8 Å². The maximum absolute atomic E-state index is 13.5. The van der Waals surface area contributed by atoms with Crippen LogP contribution in [0.4, 0.5) is 8.78 Å². The highest BCUT2D eigenvalue weighted by Crippen LogP contribution is 2.32. The highest BCUT2D eigenvalue weighted by molar-refractivity contribution is 5.92. The Morgan fingerprint density at radius 1 is 1.12 bits per heavy atom. The Kier molecular flexibility index (Phi) is 4.97. The molecule has 1 unspecified atom stereocenters. The number of halogens is 2. The Morgan fingerprint density at radius 2 is 1.88 bits per heavy atom. The number of carbonyl (C=O) groups excluding carboxylic acids is 1. The van der Waals surface area contributed by atoms with E-state index in [1.807, 2.05) is 19.1 Å². The predicted octanol–water partition coefficient (Wildman–Crippen LogP) is 3.63. The first-order valence-corrected chi connectivity index (χ1v) is 7.86. The third-order valence-corrected chi connectivity index (χ3v) is 3.80. The van der Waals surface area contributed by atoms with E-state index in [2.05, 4.69) is 5.32 Å². The average molecular weight is 345 g/mol. The van der Waals surface area contributed by atoms with Crippen LogP contribution in [0.1, 0.15) is 24.1 Å². The smallest absolute Gasteiger partial charge is 0.244 e. The van der Waals surface area contributed by atoms with Gasteiger partial charge < -0.3 is 14.8 Å². The van der Waals surface area contributed by atoms with Crippen LogP contribution in [-0.2, 0) is 4.79 Å². The van der Waals surface area contributed by atoms with Crippen molar-refractivity contribution in [3.05, 3.63) is 65.2 Å². The first-order valence-electron chi connectivity index (χ1n) is 7.86. The van der Waals surface area contributed by atoms with Gasteiger partial charge in [-0.15, -0.1) is 0 Å². The van der Waals surface area contributed by atoms with E-state index < -0.39 is 17.5 Å². The summed E-state index contributed by atoms with van der Waals surface area (Å²) < 4.78 is 37.6. The number of nitrogens with one attached hydrogen (secondary N) is 1. The molecule has 4 nitrogen and oxygen atoms in total. The van der Waals surface area contributed by atoms with Gasteiger partial charge in [0.2, 0.25) is 5.91 Å². The van der Waals surface area contributed by atoms with Crippen LogP contribution in [0, 0.1) is 11.6 Å². The number of amides is 1. The zero-order valence-corrected chi connectivity index (χ0v) is 13.6. The molecule has 0 spiro atoms. The molecular formula is C19H17F2NO3. The molecule has 1 aliphatic heterocycles. The van der Waals surface area contributed by atoms with E-state index in [9.17, 15) is 13.6 Å². The molecule has 2 aromatic rings. The molecule has 0 radical (unpaired) electrons. The van der Waals surface area contributed by atoms with E-state index in [1.54, 1.807) is 6.07 Å². The molecule has 0 aromatic heterocycles. The van der Waals surface area contributed by atoms with Gasteiger partial charge in [-0.3, -0.25) is 4.79 Å². The van der Waals surface area contributed by atoms with Crippen LogP contribution in [0.15, 0.2) is 42.5 Å². The molecule has 1 N–H and O–H groups in total. The van der Waals surface area contributed by atoms with Crippen molar-refractivity contribution in [1.29, 1.82) is 0 Å². The van der Waals surface area contributed by atoms with Crippen LogP contribution in [-0.4, -0.2) is 19.1 Å². The van der Waals surface area contributed by atoms with E-state index in [1.165, 1.54) is 12.2 Å². The van der Waals surface area contributed by atoms with Gasteiger partial charge in [-0.25, -0.2) is 8.78 Å². The number of benzene rings is 2. The zero-order chi connectivity index (χ0) is 17.8. The molecule has 1 atom stereocenters. The Hall–Kier alpha value is -2.89. The van der Waals surface area contributed by atoms with Crippen molar-refractivity contribution in [1.82, 2.24) is 5.32 Å². The third-order valence-electron chi connectivity index (χ3n) is 3.80. The fourth-order valence-corrected chi connectivity index (χ4v) is 2.48. The summed E-state index contributed by atoms with van der Waals surface area (Å²) in [6.45, 7) is 2.82. The van der Waals surface area contributed by atoms with E-state index in [0.29, 0.717) is 24.7 Å². The van der Waals surface area contributed by atoms with Crippen LogP contribution in [0.3, 0.4) is 0 Å². The molecular weight excluding hydrogens is 328 g/mol. The van der Waals surface area contributed by atoms with Crippen molar-refractivity contribution in [2.24, 2.45) is 0 Å². The summed E-state index contributed by atoms with van der Waals surface area (Å²) in [7, 11) is 0. The Morgan fingerprint density at radius 3 is 2.68 bits per heavy atom. The Bertz CT molecular complexity index is 820. The minimum absolute atomic E-state index is 0.0159. The summed E-state index contributed by atoms with van der Waals surface area (Å²) in [5, 5.41) is 2.77. The van der Waals surface area contributed by atoms with Crippen LogP contribution >= 0.6 is 0 Å². The molecule has 25 heavy (non-hydrogen) atoms. The average Bonchev–Trinajstić information content (AvgIpc) is 2.62. The molecule has 130 valence electrons. The summed E-state index contributed by atoms with van der Waals surface area (Å²) >= 11 is 0. The summed E-state index contributed by atoms with van der Waals surface area (Å²) in [6.07, 6.45) is 2.41. The number of carbonyl (C=O) groups is 1. The summed E-state index contributed by atoms with van der Waals surface area (Å²) in [4.78, 5) is 12.0. The number of hydrogen-bond acceptors (Lipinski definition) is 3. The monoisotopic (exact) mass is 345 g/mol. The van der Waals surface area contributed by atoms with Crippen molar-refractivity contribution >= 4 is 12.0 Å². The molecule has 6 heteroatoms. The standard InChI is InChI=1S/C19H17F2NO3/c1-12(13-2-6-17-18(11-13)25-9-8-24-17)22-19(23)7-3-14-10-15(20)4-5-16(14)21/h2-7,10-12H,8-9H2,1H3,(H,22,23)/b7-3+. The fraction of sp³-hybridized carbons (Fsp3) is 0.211. The highest BCUT2D eigenvalue weighted by Gasteiger charge is 2.15. The Balaban J connectivity index is 1.66. The second-order valence-corrected chi connectivity index (χ2v) is 5.63. The number of ether oxygens (including phenoxy) is 2. The lowest BCUT2D eigenvalue weighted by Gasteiger charge is -2.20. The van der Waals surface area contributed by atoms with Gasteiger partial charge in [-0.1, -0.05) is 6.07 Å². The van der Waals surface area contributed by atoms with Gasteiger partial charge in [0.25, 0.3) is 0 Å². The molecule has 1 amide bonds. The van der Waals surface area contributed by atoms with Gasteiger partial charge in [0, 0.05) is 11.6 Å². The second kappa shape index (κ2) is 7.34. The topological polar surface area (TPSA) is 47.6 Å². The molecule has 0 aliphatic carbocycles. The molecule has 2 aromatic carbocycles. The van der Waals surface area contributed by atoms with E-state index in [-0.39, 0.29) is 11.6 Å². The summed E-state index contributed by atoms with van der Waals surface area (Å²) in [6, 6.07) is 8.24. The largest absolute Gasteiger partial charge is 0.486 e. The van der Waals surface area contributed by atoms with Gasteiger partial charge >= 0.3 is 0 Å². The fourth-order valence-electron chi connectivity index (χ4n) is 2.48. The molecule has 1 aliphatic rings. The first-order chi connectivity index (χ1) is 12.0. The van der Waals surface area contributed by atoms with Crippen LogP contribution in [0.5, 0.6) is 11.5 Å². The molecule has 3 rings (SSSR count). The van der Waals surface area contributed by atoms with Crippen LogP contribution in [0.25, 0.3) is 6.08 Å². The number of hydrogen-bond donors (Lipinski definition) is 1. The van der Waals surface area contributed by atoms with Crippen molar-refractivity contribution < 1.29 is 23.0 Å². The van der Waals surface area contributed by atoms with E-state index >= 15 is 0 Å². The summed E-state index contributed by atoms with van der Waals surface area (Å²) in [5.74, 6) is -0.250. The lowest BCUT2D eigenvalue weighted by atomic mass is 10.1. The minimum Gasteiger partial charge on any atom is -0.486 e. The van der Waals surface area contributed by atoms with Crippen molar-refractivity contribution in [2.75, 3.05) is 13.2 Å². The summed E-state index contributed by atoms with van der Waals surface area (Å²) in [5.41, 5.74) is 0.866. The van der Waals surface area contributed by atoms with Crippen molar-refractivity contribution in [3.8, 4) is 11.5 Å². The van der Waals surface area contributed by atoms with Gasteiger partial charge in [-0.2, -0.15) is 0 Å².